The second-order valence-corrected chi connectivity index (χ2v) is 10.1. The van der Waals surface area contributed by atoms with Crippen LogP contribution in [0.15, 0.2) is 30.3 Å². The fourth-order valence-electron chi connectivity index (χ4n) is 4.49. The average Bonchev–Trinajstić information content (AvgIpc) is 3.25. The molecule has 1 saturated heterocycles. The van der Waals surface area contributed by atoms with Crippen LogP contribution in [0.5, 0.6) is 5.75 Å². The summed E-state index contributed by atoms with van der Waals surface area (Å²) >= 11 is 6.71. The zero-order chi connectivity index (χ0) is 23.2. The van der Waals surface area contributed by atoms with Gasteiger partial charge < -0.3 is 29.9 Å². The summed E-state index contributed by atoms with van der Waals surface area (Å²) in [7, 11) is 0. The van der Waals surface area contributed by atoms with Crippen molar-refractivity contribution in [1.29, 1.82) is 0 Å². The van der Waals surface area contributed by atoms with Gasteiger partial charge in [0.1, 0.15) is 36.3 Å². The Labute approximate surface area is 193 Å². The van der Waals surface area contributed by atoms with Crippen molar-refractivity contribution in [2.75, 3.05) is 13.2 Å². The molecule has 2 heterocycles. The molecule has 0 aliphatic carbocycles. The standard InChI is InChI=1S/C25H31ClO6/c1-25(2,3)15-6-4-13(5-7-15)10-14-11-17(16-8-9-31-23(16)19(14)26)24-22(30)21(29)20(28)18(12-27)32-24/h4-7,11,18,20-22,24,27-30H,8-10,12H2,1-3H3/t18-,20-,21+,22-,24+/m1/s1. The fraction of sp³-hybridized carbons (Fsp3) is 0.520. The smallest absolute Gasteiger partial charge is 0.141 e. The fourth-order valence-corrected chi connectivity index (χ4v) is 4.78. The van der Waals surface area contributed by atoms with Crippen LogP contribution in [0.3, 0.4) is 0 Å². The topological polar surface area (TPSA) is 99.4 Å². The second-order valence-electron chi connectivity index (χ2n) is 9.72. The van der Waals surface area contributed by atoms with E-state index in [1.165, 1.54) is 5.56 Å². The van der Waals surface area contributed by atoms with E-state index in [0.29, 0.717) is 35.8 Å². The minimum atomic E-state index is -1.44. The predicted octanol–water partition coefficient (Wildman–Crippen LogP) is 2.68. The molecule has 0 saturated carbocycles. The van der Waals surface area contributed by atoms with E-state index in [1.54, 1.807) is 0 Å². The van der Waals surface area contributed by atoms with Gasteiger partial charge >= 0.3 is 0 Å². The highest BCUT2D eigenvalue weighted by Crippen LogP contribution is 2.44. The molecule has 7 heteroatoms. The lowest BCUT2D eigenvalue weighted by Crippen LogP contribution is -2.55. The molecule has 5 atom stereocenters. The summed E-state index contributed by atoms with van der Waals surface area (Å²) in [6, 6.07) is 10.3. The monoisotopic (exact) mass is 462 g/mol. The molecule has 1 fully saturated rings. The summed E-state index contributed by atoms with van der Waals surface area (Å²) < 4.78 is 11.6. The Hall–Kier alpha value is -1.67. The summed E-state index contributed by atoms with van der Waals surface area (Å²) in [4.78, 5) is 0. The Bertz CT molecular complexity index is 966. The van der Waals surface area contributed by atoms with Gasteiger partial charge in [-0.3, -0.25) is 0 Å². The molecule has 32 heavy (non-hydrogen) atoms. The molecule has 4 N–H and O–H groups in total. The maximum absolute atomic E-state index is 10.7. The first-order chi connectivity index (χ1) is 15.1. The molecule has 174 valence electrons. The number of benzene rings is 2. The zero-order valence-corrected chi connectivity index (χ0v) is 19.3. The molecule has 0 spiro atoms. The van der Waals surface area contributed by atoms with Gasteiger partial charge in [0, 0.05) is 12.0 Å². The number of hydrogen-bond acceptors (Lipinski definition) is 6. The van der Waals surface area contributed by atoms with Crippen molar-refractivity contribution in [1.82, 2.24) is 0 Å². The van der Waals surface area contributed by atoms with E-state index in [0.717, 1.165) is 16.7 Å². The first-order valence-corrected chi connectivity index (χ1v) is 11.4. The molecule has 4 rings (SSSR count). The number of ether oxygens (including phenoxy) is 2. The van der Waals surface area contributed by atoms with Crippen LogP contribution < -0.4 is 4.74 Å². The van der Waals surface area contributed by atoms with Crippen molar-refractivity contribution in [2.45, 2.75) is 69.5 Å². The van der Waals surface area contributed by atoms with E-state index in [4.69, 9.17) is 21.1 Å². The van der Waals surface area contributed by atoms with Crippen LogP contribution in [-0.4, -0.2) is 58.1 Å². The van der Waals surface area contributed by atoms with E-state index in [9.17, 15) is 20.4 Å². The van der Waals surface area contributed by atoms with Gasteiger partial charge in [0.2, 0.25) is 0 Å². The van der Waals surface area contributed by atoms with Gasteiger partial charge in [0.25, 0.3) is 0 Å². The van der Waals surface area contributed by atoms with Crippen molar-refractivity contribution in [3.63, 3.8) is 0 Å². The van der Waals surface area contributed by atoms with Crippen LogP contribution in [0.1, 0.15) is 54.7 Å². The van der Waals surface area contributed by atoms with Crippen molar-refractivity contribution in [3.8, 4) is 5.75 Å². The lowest BCUT2D eigenvalue weighted by molar-refractivity contribution is -0.231. The third kappa shape index (κ3) is 4.28. The molecule has 2 aromatic carbocycles. The van der Waals surface area contributed by atoms with E-state index in [-0.39, 0.29) is 5.41 Å². The maximum Gasteiger partial charge on any atom is 0.141 e. The normalized spacial score (nSPS) is 27.8. The number of rotatable bonds is 4. The molecular formula is C25H31ClO6. The van der Waals surface area contributed by atoms with Crippen molar-refractivity contribution in [3.05, 3.63) is 63.2 Å². The van der Waals surface area contributed by atoms with E-state index >= 15 is 0 Å². The third-order valence-electron chi connectivity index (χ3n) is 6.45. The number of hydrogen-bond donors (Lipinski definition) is 4. The van der Waals surface area contributed by atoms with Crippen LogP contribution in [-0.2, 0) is 23.0 Å². The first-order valence-electron chi connectivity index (χ1n) is 11.0. The van der Waals surface area contributed by atoms with Gasteiger partial charge in [-0.1, -0.05) is 62.7 Å². The molecule has 6 nitrogen and oxygen atoms in total. The maximum atomic E-state index is 10.7. The molecule has 2 aliphatic heterocycles. The van der Waals surface area contributed by atoms with Gasteiger partial charge in [0.15, 0.2) is 0 Å². The van der Waals surface area contributed by atoms with Crippen LogP contribution in [0.25, 0.3) is 0 Å². The molecular weight excluding hydrogens is 432 g/mol. The van der Waals surface area contributed by atoms with E-state index < -0.39 is 37.1 Å². The Kier molecular flexibility index (Phi) is 6.56. The average molecular weight is 463 g/mol. The molecule has 2 aliphatic rings. The predicted molar refractivity (Wildman–Crippen MR) is 121 cm³/mol. The Morgan fingerprint density at radius 3 is 2.34 bits per heavy atom. The van der Waals surface area contributed by atoms with E-state index in [1.807, 2.05) is 6.07 Å². The third-order valence-corrected chi connectivity index (χ3v) is 6.86. The van der Waals surface area contributed by atoms with Gasteiger partial charge in [-0.15, -0.1) is 0 Å². The Morgan fingerprint density at radius 1 is 1.03 bits per heavy atom. The summed E-state index contributed by atoms with van der Waals surface area (Å²) in [6.45, 7) is 6.50. The van der Waals surface area contributed by atoms with Crippen LogP contribution in [0.4, 0.5) is 0 Å². The molecule has 0 radical (unpaired) electrons. The largest absolute Gasteiger partial charge is 0.491 e. The number of halogens is 1. The number of fused-ring (bicyclic) bond motifs is 1. The van der Waals surface area contributed by atoms with Crippen molar-refractivity contribution >= 4 is 11.6 Å². The molecule has 2 aromatic rings. The minimum Gasteiger partial charge on any atom is -0.491 e. The number of aliphatic hydroxyl groups excluding tert-OH is 4. The minimum absolute atomic E-state index is 0.0634. The molecule has 0 bridgehead atoms. The lowest BCUT2D eigenvalue weighted by Gasteiger charge is -2.40. The van der Waals surface area contributed by atoms with Crippen LogP contribution in [0, 0.1) is 0 Å². The highest BCUT2D eigenvalue weighted by molar-refractivity contribution is 6.33. The molecule has 0 unspecified atom stereocenters. The SMILES string of the molecule is CC(C)(C)c1ccc(Cc2cc([C@@H]3O[C@H](CO)[C@@H](O)[C@H](O)[C@H]3O)c3c(c2Cl)OCC3)cc1. The summed E-state index contributed by atoms with van der Waals surface area (Å²) in [6.07, 6.45) is -4.92. The highest BCUT2D eigenvalue weighted by atomic mass is 35.5. The van der Waals surface area contributed by atoms with Gasteiger partial charge in [0.05, 0.1) is 18.2 Å². The first kappa shape index (κ1) is 23.5. The van der Waals surface area contributed by atoms with Crippen molar-refractivity contribution in [2.24, 2.45) is 0 Å². The summed E-state index contributed by atoms with van der Waals surface area (Å²) in [5.74, 6) is 0.572. The summed E-state index contributed by atoms with van der Waals surface area (Å²) in [5.41, 5.74) is 4.70. The Balaban J connectivity index is 1.71. The quantitative estimate of drug-likeness (QED) is 0.557. The molecule has 0 amide bonds. The zero-order valence-electron chi connectivity index (χ0n) is 18.6. The lowest BCUT2D eigenvalue weighted by atomic mass is 9.85. The van der Waals surface area contributed by atoms with Gasteiger partial charge in [-0.05, 0) is 34.1 Å². The second kappa shape index (κ2) is 8.93. The van der Waals surface area contributed by atoms with Crippen LogP contribution >= 0.6 is 11.6 Å². The summed E-state index contributed by atoms with van der Waals surface area (Å²) in [5, 5.41) is 41.2. The Morgan fingerprint density at radius 2 is 1.72 bits per heavy atom. The van der Waals surface area contributed by atoms with Crippen molar-refractivity contribution < 1.29 is 29.9 Å². The van der Waals surface area contributed by atoms with Crippen LogP contribution in [0.2, 0.25) is 5.02 Å². The van der Waals surface area contributed by atoms with Gasteiger partial charge in [-0.25, -0.2) is 0 Å². The van der Waals surface area contributed by atoms with Gasteiger partial charge in [-0.2, -0.15) is 0 Å². The molecule has 0 aromatic heterocycles. The van der Waals surface area contributed by atoms with E-state index in [2.05, 4.69) is 45.0 Å². The highest BCUT2D eigenvalue weighted by Gasteiger charge is 2.45. The number of aliphatic hydroxyl groups is 4.